The van der Waals surface area contributed by atoms with Gasteiger partial charge in [-0.2, -0.15) is 5.10 Å². The molecule has 3 N–H and O–H groups in total. The van der Waals surface area contributed by atoms with E-state index in [0.717, 1.165) is 53.2 Å². The highest BCUT2D eigenvalue weighted by Gasteiger charge is 2.39. The molecule has 29 heavy (non-hydrogen) atoms. The molecule has 2 aliphatic rings. The molecular formula is C24H28N4O. The molecule has 5 nitrogen and oxygen atoms in total. The number of hydrogen-bond donors (Lipinski definition) is 2. The normalized spacial score (nSPS) is 19.6. The van der Waals surface area contributed by atoms with Gasteiger partial charge in [-0.3, -0.25) is 4.68 Å². The van der Waals surface area contributed by atoms with Crippen LogP contribution in [-0.2, 0) is 19.4 Å². The van der Waals surface area contributed by atoms with E-state index in [0.29, 0.717) is 6.54 Å². The lowest BCUT2D eigenvalue weighted by Gasteiger charge is -2.25. The van der Waals surface area contributed by atoms with Crippen molar-refractivity contribution in [2.24, 2.45) is 0 Å². The second kappa shape index (κ2) is 6.28. The van der Waals surface area contributed by atoms with Crippen molar-refractivity contribution in [1.29, 1.82) is 0 Å². The van der Waals surface area contributed by atoms with Crippen LogP contribution in [0.25, 0.3) is 11.3 Å². The van der Waals surface area contributed by atoms with E-state index in [4.69, 9.17) is 10.5 Å². The Morgan fingerprint density at radius 3 is 2.83 bits per heavy atom. The second-order valence-corrected chi connectivity index (χ2v) is 8.72. The van der Waals surface area contributed by atoms with Gasteiger partial charge < -0.3 is 15.8 Å². The molecule has 0 unspecified atom stereocenters. The number of fused-ring (bicyclic) bond motifs is 2. The molecule has 3 aromatic rings. The minimum atomic E-state index is -0.357. The van der Waals surface area contributed by atoms with Gasteiger partial charge in [0.25, 0.3) is 0 Å². The van der Waals surface area contributed by atoms with Crippen molar-refractivity contribution in [3.05, 3.63) is 58.3 Å². The molecule has 0 amide bonds. The highest BCUT2D eigenvalue weighted by Crippen LogP contribution is 2.44. The standard InChI is InChI=1S/C24H28N4O/c1-14-15(2)23-19(16(3)21(14)25)12-24(4,29-23)13-28-20(9-11-27-28)18-7-5-6-17-8-10-26-22(17)18/h5-7,9,11,26H,8,10,12-13,25H2,1-4H3/t24-/m1/s1. The summed E-state index contributed by atoms with van der Waals surface area (Å²) in [7, 11) is 0. The molecule has 0 spiro atoms. The Kier molecular flexibility index (Phi) is 3.92. The molecule has 5 rings (SSSR count). The predicted molar refractivity (Wildman–Crippen MR) is 118 cm³/mol. The molecule has 0 saturated carbocycles. The van der Waals surface area contributed by atoms with Gasteiger partial charge in [0, 0.05) is 41.7 Å². The van der Waals surface area contributed by atoms with Crippen molar-refractivity contribution >= 4 is 11.4 Å². The van der Waals surface area contributed by atoms with Gasteiger partial charge in [-0.1, -0.05) is 18.2 Å². The average Bonchev–Trinajstić information content (AvgIpc) is 3.43. The van der Waals surface area contributed by atoms with Crippen molar-refractivity contribution in [2.75, 3.05) is 17.6 Å². The van der Waals surface area contributed by atoms with Crippen molar-refractivity contribution in [3.8, 4) is 17.0 Å². The van der Waals surface area contributed by atoms with Crippen molar-refractivity contribution in [2.45, 2.75) is 52.7 Å². The van der Waals surface area contributed by atoms with Gasteiger partial charge >= 0.3 is 0 Å². The zero-order valence-corrected chi connectivity index (χ0v) is 17.6. The molecule has 2 aliphatic heterocycles. The average molecular weight is 389 g/mol. The molecule has 5 heteroatoms. The first-order chi connectivity index (χ1) is 13.9. The number of rotatable bonds is 3. The largest absolute Gasteiger partial charge is 0.485 e. The summed E-state index contributed by atoms with van der Waals surface area (Å²) >= 11 is 0. The predicted octanol–water partition coefficient (Wildman–Crippen LogP) is 4.42. The summed E-state index contributed by atoms with van der Waals surface area (Å²) in [6, 6.07) is 8.62. The van der Waals surface area contributed by atoms with E-state index in [1.54, 1.807) is 0 Å². The fourth-order valence-corrected chi connectivity index (χ4v) is 4.87. The lowest BCUT2D eigenvalue weighted by atomic mass is 9.92. The van der Waals surface area contributed by atoms with Crippen LogP contribution in [0.4, 0.5) is 11.4 Å². The van der Waals surface area contributed by atoms with E-state index in [1.165, 1.54) is 22.4 Å². The van der Waals surface area contributed by atoms with Crippen molar-refractivity contribution in [1.82, 2.24) is 9.78 Å². The lowest BCUT2D eigenvalue weighted by molar-refractivity contribution is 0.0906. The van der Waals surface area contributed by atoms with Gasteiger partial charge in [0.15, 0.2) is 0 Å². The van der Waals surface area contributed by atoms with E-state index in [9.17, 15) is 0 Å². The van der Waals surface area contributed by atoms with Gasteiger partial charge in [0.2, 0.25) is 0 Å². The molecule has 1 atom stereocenters. The first-order valence-corrected chi connectivity index (χ1v) is 10.3. The molecule has 1 aromatic heterocycles. The number of benzene rings is 2. The lowest BCUT2D eigenvalue weighted by Crippen LogP contribution is -2.36. The number of nitrogen functional groups attached to an aromatic ring is 1. The maximum atomic E-state index is 6.57. The molecular weight excluding hydrogens is 360 g/mol. The number of anilines is 2. The number of aromatic nitrogens is 2. The zero-order chi connectivity index (χ0) is 20.3. The van der Waals surface area contributed by atoms with E-state index in [2.05, 4.69) is 67.1 Å². The van der Waals surface area contributed by atoms with Crippen LogP contribution in [0.3, 0.4) is 0 Å². The monoisotopic (exact) mass is 388 g/mol. The Balaban J connectivity index is 1.50. The van der Waals surface area contributed by atoms with Gasteiger partial charge in [-0.15, -0.1) is 0 Å². The van der Waals surface area contributed by atoms with Crippen LogP contribution in [0.2, 0.25) is 0 Å². The van der Waals surface area contributed by atoms with E-state index >= 15 is 0 Å². The third-order valence-corrected chi connectivity index (χ3v) is 6.66. The minimum Gasteiger partial charge on any atom is -0.485 e. The summed E-state index contributed by atoms with van der Waals surface area (Å²) in [4.78, 5) is 0. The van der Waals surface area contributed by atoms with Crippen LogP contribution in [0.5, 0.6) is 5.75 Å². The first kappa shape index (κ1) is 18.1. The van der Waals surface area contributed by atoms with Gasteiger partial charge in [0.05, 0.1) is 12.2 Å². The topological polar surface area (TPSA) is 65.1 Å². The molecule has 0 bridgehead atoms. The first-order valence-electron chi connectivity index (χ1n) is 10.3. The highest BCUT2D eigenvalue weighted by atomic mass is 16.5. The number of hydrogen-bond acceptors (Lipinski definition) is 4. The number of para-hydroxylation sites is 1. The molecule has 0 aliphatic carbocycles. The van der Waals surface area contributed by atoms with Crippen LogP contribution in [0.1, 0.15) is 34.7 Å². The molecule has 3 heterocycles. The fourth-order valence-electron chi connectivity index (χ4n) is 4.87. The van der Waals surface area contributed by atoms with Crippen LogP contribution in [0.15, 0.2) is 30.5 Å². The van der Waals surface area contributed by atoms with Gasteiger partial charge in [-0.25, -0.2) is 0 Å². The molecule has 0 saturated heterocycles. The highest BCUT2D eigenvalue weighted by molar-refractivity contribution is 5.80. The van der Waals surface area contributed by atoms with Crippen LogP contribution in [-0.4, -0.2) is 21.9 Å². The smallest absolute Gasteiger partial charge is 0.130 e. The van der Waals surface area contributed by atoms with Crippen LogP contribution < -0.4 is 15.8 Å². The maximum Gasteiger partial charge on any atom is 0.130 e. The Hall–Kier alpha value is -2.95. The summed E-state index contributed by atoms with van der Waals surface area (Å²) in [5.41, 5.74) is 16.5. The quantitative estimate of drug-likeness (QED) is 0.652. The van der Waals surface area contributed by atoms with E-state index in [1.807, 2.05) is 6.20 Å². The Morgan fingerprint density at radius 1 is 1.17 bits per heavy atom. The number of nitrogens with two attached hydrogens (primary N) is 1. The summed E-state index contributed by atoms with van der Waals surface area (Å²) in [5.74, 6) is 1.01. The fraction of sp³-hybridized carbons (Fsp3) is 0.375. The number of nitrogens with one attached hydrogen (secondary N) is 1. The Labute approximate surface area is 171 Å². The second-order valence-electron chi connectivity index (χ2n) is 8.72. The SMILES string of the molecule is Cc1c(C)c2c(c(C)c1N)C[C@](C)(Cn1nccc1-c1cccc3c1NCC3)O2. The summed E-state index contributed by atoms with van der Waals surface area (Å²) in [6.45, 7) is 10.1. The minimum absolute atomic E-state index is 0.357. The zero-order valence-electron chi connectivity index (χ0n) is 17.6. The number of ether oxygens (including phenoxy) is 1. The number of nitrogens with zero attached hydrogens (tertiary/aromatic N) is 2. The Morgan fingerprint density at radius 2 is 2.00 bits per heavy atom. The molecule has 0 fully saturated rings. The third kappa shape index (κ3) is 2.71. The third-order valence-electron chi connectivity index (χ3n) is 6.66. The van der Waals surface area contributed by atoms with Gasteiger partial charge in [0.1, 0.15) is 11.4 Å². The summed E-state index contributed by atoms with van der Waals surface area (Å²) < 4.78 is 8.65. The molecule has 0 radical (unpaired) electrons. The molecule has 2 aromatic carbocycles. The Bertz CT molecular complexity index is 1090. The summed E-state index contributed by atoms with van der Waals surface area (Å²) in [6.07, 6.45) is 3.80. The van der Waals surface area contributed by atoms with Crippen LogP contribution in [0, 0.1) is 20.8 Å². The van der Waals surface area contributed by atoms with Crippen molar-refractivity contribution < 1.29 is 4.74 Å². The van der Waals surface area contributed by atoms with Gasteiger partial charge in [-0.05, 0) is 62.4 Å². The molecule has 150 valence electrons. The maximum absolute atomic E-state index is 6.57. The van der Waals surface area contributed by atoms with Crippen LogP contribution >= 0.6 is 0 Å². The van der Waals surface area contributed by atoms with E-state index in [-0.39, 0.29) is 5.60 Å². The van der Waals surface area contributed by atoms with Crippen molar-refractivity contribution in [3.63, 3.8) is 0 Å². The summed E-state index contributed by atoms with van der Waals surface area (Å²) in [5, 5.41) is 8.20. The van der Waals surface area contributed by atoms with E-state index < -0.39 is 0 Å².